The van der Waals surface area contributed by atoms with Gasteiger partial charge in [0.2, 0.25) is 0 Å². The summed E-state index contributed by atoms with van der Waals surface area (Å²) in [6.07, 6.45) is 1.87. The first-order chi connectivity index (χ1) is 16.7. The number of benzene rings is 2. The molecule has 0 N–H and O–H groups in total. The number of Topliss-reactive ketones (excluding diaryl/α,β-unsaturated/α-hetero) is 2. The van der Waals surface area contributed by atoms with Crippen molar-refractivity contribution in [1.82, 2.24) is 9.13 Å². The van der Waals surface area contributed by atoms with E-state index in [1.165, 1.54) is 0 Å². The van der Waals surface area contributed by atoms with Crippen molar-refractivity contribution in [2.24, 2.45) is 0 Å². The fourth-order valence-corrected chi connectivity index (χ4v) is 4.74. The van der Waals surface area contributed by atoms with Crippen LogP contribution in [0.5, 0.6) is 0 Å². The van der Waals surface area contributed by atoms with Gasteiger partial charge in [0, 0.05) is 40.1 Å². The van der Waals surface area contributed by atoms with Gasteiger partial charge in [0.1, 0.15) is 0 Å². The van der Waals surface area contributed by atoms with Crippen LogP contribution in [0.15, 0.2) is 66.9 Å². The van der Waals surface area contributed by atoms with Gasteiger partial charge in [-0.1, -0.05) is 0 Å². The zero-order chi connectivity index (χ0) is 25.7. The maximum atomic E-state index is 11.5. The molecule has 0 aliphatic heterocycles. The summed E-state index contributed by atoms with van der Waals surface area (Å²) in [4.78, 5) is 22.9. The highest BCUT2D eigenvalue weighted by molar-refractivity contribution is 14.1. The summed E-state index contributed by atoms with van der Waals surface area (Å²) in [5.74, 6) is 0.132. The number of carbonyl (C=O) groups is 2. The fourth-order valence-electron chi connectivity index (χ4n) is 3.79. The normalized spacial score (nSPS) is 10.0. The van der Waals surface area contributed by atoms with Crippen LogP contribution >= 0.6 is 22.6 Å². The molecular formula is C28H23IN4O2. The second-order valence-electron chi connectivity index (χ2n) is 7.92. The molecule has 0 aliphatic carbocycles. The smallest absolute Gasteiger partial charge is 0.161 e. The van der Waals surface area contributed by atoms with E-state index in [1.54, 1.807) is 38.1 Å². The van der Waals surface area contributed by atoms with Gasteiger partial charge in [0.15, 0.2) is 11.6 Å². The molecule has 0 spiro atoms. The molecule has 0 amide bonds. The minimum absolute atomic E-state index is 0.0647. The topological polar surface area (TPSA) is 91.6 Å². The molecule has 0 saturated carbocycles. The maximum absolute atomic E-state index is 11.5. The molecular weight excluding hydrogens is 551 g/mol. The molecule has 4 rings (SSSR count). The second kappa shape index (κ2) is 11.0. The Morgan fingerprint density at radius 2 is 1.23 bits per heavy atom. The van der Waals surface area contributed by atoms with Gasteiger partial charge in [-0.05, 0) is 111 Å². The third kappa shape index (κ3) is 5.59. The van der Waals surface area contributed by atoms with Crippen LogP contribution in [0.2, 0.25) is 0 Å². The van der Waals surface area contributed by atoms with Crippen molar-refractivity contribution in [1.29, 1.82) is 10.5 Å². The lowest BCUT2D eigenvalue weighted by molar-refractivity contribution is 0.100. The highest BCUT2D eigenvalue weighted by Gasteiger charge is 2.14. The summed E-state index contributed by atoms with van der Waals surface area (Å²) in [6.45, 7) is 6.97. The van der Waals surface area contributed by atoms with E-state index in [0.29, 0.717) is 11.1 Å². The molecule has 7 heteroatoms. The van der Waals surface area contributed by atoms with E-state index in [0.717, 1.165) is 37.6 Å². The van der Waals surface area contributed by atoms with E-state index >= 15 is 0 Å². The van der Waals surface area contributed by atoms with E-state index in [1.807, 2.05) is 65.6 Å². The van der Waals surface area contributed by atoms with Crippen molar-refractivity contribution in [3.05, 3.63) is 104 Å². The first-order valence-electron chi connectivity index (χ1n) is 10.8. The van der Waals surface area contributed by atoms with Crippen LogP contribution in [0.25, 0.3) is 11.4 Å². The Labute approximate surface area is 218 Å². The molecule has 0 saturated heterocycles. The molecule has 0 unspecified atom stereocenters. The SMILES string of the molecule is CC(=O)c1cc(I)n(-c2ccc(C#N)cc2)c1C.CC(=O)c1ccn(-c2ccc(C#N)cc2)c1C. The monoisotopic (exact) mass is 574 g/mol. The summed E-state index contributed by atoms with van der Waals surface area (Å²) in [5, 5.41) is 17.5. The minimum Gasteiger partial charge on any atom is -0.320 e. The molecule has 2 heterocycles. The average Bonchev–Trinajstić information content (AvgIpc) is 3.38. The summed E-state index contributed by atoms with van der Waals surface area (Å²) in [5.41, 5.74) is 6.49. The maximum Gasteiger partial charge on any atom is 0.161 e. The molecule has 0 radical (unpaired) electrons. The average molecular weight is 574 g/mol. The summed E-state index contributed by atoms with van der Waals surface area (Å²) < 4.78 is 4.94. The molecule has 2 aromatic heterocycles. The van der Waals surface area contributed by atoms with Crippen LogP contribution in [0.4, 0.5) is 0 Å². The summed E-state index contributed by atoms with van der Waals surface area (Å²) >= 11 is 2.21. The summed E-state index contributed by atoms with van der Waals surface area (Å²) in [7, 11) is 0. The summed E-state index contributed by atoms with van der Waals surface area (Å²) in [6, 6.07) is 22.5. The number of nitrogens with zero attached hydrogens (tertiary/aromatic N) is 4. The van der Waals surface area contributed by atoms with Crippen LogP contribution in [-0.4, -0.2) is 20.7 Å². The molecule has 174 valence electrons. The van der Waals surface area contributed by atoms with Gasteiger partial charge in [-0.25, -0.2) is 0 Å². The van der Waals surface area contributed by atoms with Gasteiger partial charge in [0.05, 0.1) is 27.0 Å². The molecule has 35 heavy (non-hydrogen) atoms. The highest BCUT2D eigenvalue weighted by Crippen LogP contribution is 2.23. The Morgan fingerprint density at radius 3 is 1.63 bits per heavy atom. The van der Waals surface area contributed by atoms with Gasteiger partial charge < -0.3 is 9.13 Å². The lowest BCUT2D eigenvalue weighted by Gasteiger charge is -2.08. The van der Waals surface area contributed by atoms with Crippen LogP contribution in [0.3, 0.4) is 0 Å². The lowest BCUT2D eigenvalue weighted by atomic mass is 10.2. The van der Waals surface area contributed by atoms with Crippen LogP contribution in [0.1, 0.15) is 57.1 Å². The fraction of sp³-hybridized carbons (Fsp3) is 0.143. The van der Waals surface area contributed by atoms with Crippen molar-refractivity contribution in [2.75, 3.05) is 0 Å². The molecule has 4 aromatic rings. The predicted molar refractivity (Wildman–Crippen MR) is 143 cm³/mol. The zero-order valence-electron chi connectivity index (χ0n) is 19.8. The Morgan fingerprint density at radius 1 is 0.743 bits per heavy atom. The van der Waals surface area contributed by atoms with E-state index in [-0.39, 0.29) is 11.6 Å². The predicted octanol–water partition coefficient (Wildman–Crippen LogP) is 6.32. The second-order valence-corrected chi connectivity index (χ2v) is 9.02. The number of hydrogen-bond donors (Lipinski definition) is 0. The quantitative estimate of drug-likeness (QED) is 0.211. The van der Waals surface area contributed by atoms with E-state index in [2.05, 4.69) is 34.7 Å². The Balaban J connectivity index is 0.000000196. The van der Waals surface area contributed by atoms with Crippen LogP contribution < -0.4 is 0 Å². The standard InChI is InChI=1S/C14H11IN2O.C14H12N2O/c1-9-13(10(2)18)7-14(15)17(9)12-5-3-11(8-16)4-6-12;1-10-14(11(2)17)7-8-16(10)13-5-3-12(9-15)4-6-13/h3-7H,1-2H3;3-8H,1-2H3. The zero-order valence-corrected chi connectivity index (χ0v) is 22.0. The molecule has 2 aromatic carbocycles. The van der Waals surface area contributed by atoms with Crippen molar-refractivity contribution < 1.29 is 9.59 Å². The number of aromatic nitrogens is 2. The van der Waals surface area contributed by atoms with Crippen molar-refractivity contribution in [2.45, 2.75) is 27.7 Å². The first kappa shape index (κ1) is 25.7. The number of ketones is 2. The van der Waals surface area contributed by atoms with Crippen molar-refractivity contribution in [3.8, 4) is 23.5 Å². The molecule has 0 atom stereocenters. The van der Waals surface area contributed by atoms with Crippen molar-refractivity contribution >= 4 is 34.2 Å². The minimum atomic E-state index is 0.0647. The van der Waals surface area contributed by atoms with E-state index in [9.17, 15) is 9.59 Å². The number of hydrogen-bond acceptors (Lipinski definition) is 4. The van der Waals surface area contributed by atoms with Gasteiger partial charge in [-0.2, -0.15) is 10.5 Å². The molecule has 0 fully saturated rings. The Hall–Kier alpha value is -3.95. The van der Waals surface area contributed by atoms with E-state index < -0.39 is 0 Å². The van der Waals surface area contributed by atoms with Crippen LogP contribution in [0, 0.1) is 40.2 Å². The third-order valence-corrected chi connectivity index (χ3v) is 6.43. The Bertz CT molecular complexity index is 1480. The molecule has 6 nitrogen and oxygen atoms in total. The largest absolute Gasteiger partial charge is 0.320 e. The number of halogens is 1. The lowest BCUT2D eigenvalue weighted by Crippen LogP contribution is -2.01. The third-order valence-electron chi connectivity index (χ3n) is 5.63. The first-order valence-corrected chi connectivity index (χ1v) is 11.8. The van der Waals surface area contributed by atoms with Gasteiger partial charge in [-0.15, -0.1) is 0 Å². The molecule has 0 aliphatic rings. The Kier molecular flexibility index (Phi) is 8.06. The number of rotatable bonds is 4. The number of carbonyl (C=O) groups excluding carboxylic acids is 2. The van der Waals surface area contributed by atoms with E-state index in [4.69, 9.17) is 10.5 Å². The van der Waals surface area contributed by atoms with Crippen molar-refractivity contribution in [3.63, 3.8) is 0 Å². The van der Waals surface area contributed by atoms with Gasteiger partial charge >= 0.3 is 0 Å². The number of nitriles is 2. The molecule has 0 bridgehead atoms. The van der Waals surface area contributed by atoms with Crippen LogP contribution in [-0.2, 0) is 0 Å². The van der Waals surface area contributed by atoms with Gasteiger partial charge in [0.25, 0.3) is 0 Å². The van der Waals surface area contributed by atoms with Gasteiger partial charge in [-0.3, -0.25) is 9.59 Å². The highest BCUT2D eigenvalue weighted by atomic mass is 127.